The second-order valence-corrected chi connectivity index (χ2v) is 6.62. The quantitative estimate of drug-likeness (QED) is 0.687. The number of hydrogen-bond donors (Lipinski definition) is 1. The maximum absolute atomic E-state index is 3.53. The van der Waals surface area contributed by atoms with Crippen molar-refractivity contribution in [3.05, 3.63) is 0 Å². The maximum Gasteiger partial charge on any atom is 0.00418 e. The van der Waals surface area contributed by atoms with E-state index in [9.17, 15) is 0 Å². The summed E-state index contributed by atoms with van der Waals surface area (Å²) in [4.78, 5) is 2.46. The SMILES string of the molecule is CC(C)CCN(C)CC(C)(C)CNC(C)C. The van der Waals surface area contributed by atoms with Gasteiger partial charge in [-0.15, -0.1) is 0 Å². The highest BCUT2D eigenvalue weighted by atomic mass is 15.1. The molecule has 98 valence electrons. The van der Waals surface area contributed by atoms with Crippen molar-refractivity contribution in [1.82, 2.24) is 10.2 Å². The van der Waals surface area contributed by atoms with Crippen LogP contribution in [0.25, 0.3) is 0 Å². The molecule has 1 N–H and O–H groups in total. The van der Waals surface area contributed by atoms with E-state index in [1.807, 2.05) is 0 Å². The number of nitrogens with zero attached hydrogens (tertiary/aromatic N) is 1. The van der Waals surface area contributed by atoms with E-state index in [1.165, 1.54) is 19.5 Å². The molecule has 0 aromatic heterocycles. The molecule has 0 atom stereocenters. The molecule has 2 nitrogen and oxygen atoms in total. The summed E-state index contributed by atoms with van der Waals surface area (Å²) in [7, 11) is 2.24. The fraction of sp³-hybridized carbons (Fsp3) is 1.00. The van der Waals surface area contributed by atoms with E-state index in [0.29, 0.717) is 11.5 Å². The van der Waals surface area contributed by atoms with E-state index < -0.39 is 0 Å². The fourth-order valence-electron chi connectivity index (χ4n) is 1.82. The summed E-state index contributed by atoms with van der Waals surface area (Å²) in [6, 6.07) is 0.584. The minimum absolute atomic E-state index is 0.357. The standard InChI is InChI=1S/C14H32N2/c1-12(2)8-9-16(7)11-14(5,6)10-15-13(3)4/h12-13,15H,8-11H2,1-7H3. The van der Waals surface area contributed by atoms with Gasteiger partial charge >= 0.3 is 0 Å². The van der Waals surface area contributed by atoms with Crippen LogP contribution in [0.2, 0.25) is 0 Å². The third-order valence-electron chi connectivity index (χ3n) is 2.77. The van der Waals surface area contributed by atoms with Gasteiger partial charge in [0.15, 0.2) is 0 Å². The second kappa shape index (κ2) is 7.29. The zero-order valence-corrected chi connectivity index (χ0v) is 12.4. The lowest BCUT2D eigenvalue weighted by molar-refractivity contribution is 0.194. The van der Waals surface area contributed by atoms with Crippen LogP contribution in [0, 0.1) is 11.3 Å². The highest BCUT2D eigenvalue weighted by molar-refractivity contribution is 4.76. The average molecular weight is 228 g/mol. The van der Waals surface area contributed by atoms with Crippen LogP contribution in [0.1, 0.15) is 48.0 Å². The first kappa shape index (κ1) is 15.9. The van der Waals surface area contributed by atoms with E-state index in [2.05, 4.69) is 58.8 Å². The molecule has 0 aliphatic heterocycles. The molecule has 0 unspecified atom stereocenters. The Morgan fingerprint density at radius 1 is 1.12 bits per heavy atom. The van der Waals surface area contributed by atoms with Gasteiger partial charge in [0.2, 0.25) is 0 Å². The van der Waals surface area contributed by atoms with Gasteiger partial charge in [0.25, 0.3) is 0 Å². The van der Waals surface area contributed by atoms with Crippen molar-refractivity contribution in [3.63, 3.8) is 0 Å². The minimum atomic E-state index is 0.357. The van der Waals surface area contributed by atoms with Crippen LogP contribution in [-0.4, -0.2) is 37.6 Å². The summed E-state index contributed by atoms with van der Waals surface area (Å²) in [6.07, 6.45) is 1.30. The third-order valence-corrected chi connectivity index (χ3v) is 2.77. The van der Waals surface area contributed by atoms with Gasteiger partial charge < -0.3 is 10.2 Å². The van der Waals surface area contributed by atoms with Crippen LogP contribution in [0.15, 0.2) is 0 Å². The lowest BCUT2D eigenvalue weighted by atomic mass is 9.92. The minimum Gasteiger partial charge on any atom is -0.314 e. The van der Waals surface area contributed by atoms with E-state index >= 15 is 0 Å². The molecule has 0 saturated carbocycles. The molecule has 16 heavy (non-hydrogen) atoms. The van der Waals surface area contributed by atoms with Crippen LogP contribution in [0.3, 0.4) is 0 Å². The zero-order chi connectivity index (χ0) is 12.8. The summed E-state index contributed by atoms with van der Waals surface area (Å²) >= 11 is 0. The van der Waals surface area contributed by atoms with E-state index in [1.54, 1.807) is 0 Å². The van der Waals surface area contributed by atoms with Gasteiger partial charge in [0.05, 0.1) is 0 Å². The summed E-state index contributed by atoms with van der Waals surface area (Å²) < 4.78 is 0. The Morgan fingerprint density at radius 2 is 1.69 bits per heavy atom. The number of nitrogens with one attached hydrogen (secondary N) is 1. The number of hydrogen-bond acceptors (Lipinski definition) is 2. The Labute approximate surface area is 103 Å². The van der Waals surface area contributed by atoms with Gasteiger partial charge in [-0.05, 0) is 31.3 Å². The highest BCUT2D eigenvalue weighted by Gasteiger charge is 2.20. The summed E-state index contributed by atoms with van der Waals surface area (Å²) in [5.41, 5.74) is 0.357. The monoisotopic (exact) mass is 228 g/mol. The summed E-state index contributed by atoms with van der Waals surface area (Å²) in [5.74, 6) is 0.805. The van der Waals surface area contributed by atoms with Crippen molar-refractivity contribution in [2.75, 3.05) is 26.7 Å². The van der Waals surface area contributed by atoms with Crippen molar-refractivity contribution in [1.29, 1.82) is 0 Å². The van der Waals surface area contributed by atoms with Gasteiger partial charge in [-0.25, -0.2) is 0 Å². The predicted molar refractivity (Wildman–Crippen MR) is 73.9 cm³/mol. The first-order valence-corrected chi connectivity index (χ1v) is 6.65. The average Bonchev–Trinajstić information content (AvgIpc) is 2.11. The van der Waals surface area contributed by atoms with Crippen molar-refractivity contribution in [3.8, 4) is 0 Å². The fourth-order valence-corrected chi connectivity index (χ4v) is 1.82. The van der Waals surface area contributed by atoms with Gasteiger partial charge in [-0.2, -0.15) is 0 Å². The number of rotatable bonds is 8. The topological polar surface area (TPSA) is 15.3 Å². The summed E-state index contributed by atoms with van der Waals surface area (Å²) in [6.45, 7) is 17.1. The largest absolute Gasteiger partial charge is 0.314 e. The lowest BCUT2D eigenvalue weighted by Gasteiger charge is -2.31. The molecule has 0 spiro atoms. The normalized spacial score (nSPS) is 13.1. The molecule has 0 aromatic rings. The van der Waals surface area contributed by atoms with Crippen molar-refractivity contribution >= 4 is 0 Å². The van der Waals surface area contributed by atoms with Gasteiger partial charge in [-0.3, -0.25) is 0 Å². The molecule has 0 radical (unpaired) electrons. The molecular formula is C14H32N2. The first-order chi connectivity index (χ1) is 7.23. The molecule has 0 rings (SSSR count). The van der Waals surface area contributed by atoms with Crippen LogP contribution >= 0.6 is 0 Å². The van der Waals surface area contributed by atoms with Crippen LogP contribution < -0.4 is 5.32 Å². The Bertz CT molecular complexity index is 174. The molecule has 0 heterocycles. The Balaban J connectivity index is 3.85. The summed E-state index contributed by atoms with van der Waals surface area (Å²) in [5, 5.41) is 3.53. The van der Waals surface area contributed by atoms with Crippen molar-refractivity contribution < 1.29 is 0 Å². The van der Waals surface area contributed by atoms with Gasteiger partial charge in [-0.1, -0.05) is 41.5 Å². The first-order valence-electron chi connectivity index (χ1n) is 6.65. The van der Waals surface area contributed by atoms with Gasteiger partial charge in [0.1, 0.15) is 0 Å². The van der Waals surface area contributed by atoms with Crippen LogP contribution in [-0.2, 0) is 0 Å². The lowest BCUT2D eigenvalue weighted by Crippen LogP contribution is -2.41. The van der Waals surface area contributed by atoms with Crippen LogP contribution in [0.4, 0.5) is 0 Å². The van der Waals surface area contributed by atoms with E-state index in [-0.39, 0.29) is 0 Å². The van der Waals surface area contributed by atoms with Crippen LogP contribution in [0.5, 0.6) is 0 Å². The molecule has 0 aliphatic rings. The smallest absolute Gasteiger partial charge is 0.00418 e. The Hall–Kier alpha value is -0.0800. The predicted octanol–water partition coefficient (Wildman–Crippen LogP) is 2.99. The second-order valence-electron chi connectivity index (χ2n) is 6.62. The van der Waals surface area contributed by atoms with Crippen molar-refractivity contribution in [2.45, 2.75) is 54.0 Å². The van der Waals surface area contributed by atoms with Gasteiger partial charge in [0, 0.05) is 19.1 Å². The molecule has 0 aromatic carbocycles. The third kappa shape index (κ3) is 9.17. The zero-order valence-electron chi connectivity index (χ0n) is 12.4. The molecule has 0 amide bonds. The highest BCUT2D eigenvalue weighted by Crippen LogP contribution is 2.16. The molecule has 0 saturated heterocycles. The molecular weight excluding hydrogens is 196 g/mol. The molecule has 2 heteroatoms. The van der Waals surface area contributed by atoms with E-state index in [4.69, 9.17) is 0 Å². The molecule has 0 fully saturated rings. The maximum atomic E-state index is 3.53. The molecule has 0 bridgehead atoms. The van der Waals surface area contributed by atoms with Crippen molar-refractivity contribution in [2.24, 2.45) is 11.3 Å². The van der Waals surface area contributed by atoms with E-state index in [0.717, 1.165) is 12.5 Å². The Morgan fingerprint density at radius 3 is 2.12 bits per heavy atom. The Kier molecular flexibility index (Phi) is 7.25. The molecule has 0 aliphatic carbocycles.